The molecule has 4 nitrogen and oxygen atoms in total. The summed E-state index contributed by atoms with van der Waals surface area (Å²) in [5.74, 6) is 0. The molecule has 0 aromatic rings. The third kappa shape index (κ3) is 3.44. The molecule has 2 rings (SSSR count). The molecule has 2 heterocycles. The Labute approximate surface area is 112 Å². The van der Waals surface area contributed by atoms with Crippen LogP contribution in [0.15, 0.2) is 0 Å². The van der Waals surface area contributed by atoms with Crippen LogP contribution >= 0.6 is 0 Å². The summed E-state index contributed by atoms with van der Waals surface area (Å²) in [4.78, 5) is 4.97. The molecule has 1 N–H and O–H groups in total. The highest BCUT2D eigenvalue weighted by atomic mass is 16.5. The van der Waals surface area contributed by atoms with E-state index in [1.54, 1.807) is 0 Å². The molecule has 2 aliphatic rings. The Morgan fingerprint density at radius 2 is 2.06 bits per heavy atom. The molecule has 4 heteroatoms. The second kappa shape index (κ2) is 6.33. The minimum atomic E-state index is 0.332. The molecule has 0 spiro atoms. The van der Waals surface area contributed by atoms with Gasteiger partial charge in [-0.1, -0.05) is 13.8 Å². The quantitative estimate of drug-likeness (QED) is 0.803. The van der Waals surface area contributed by atoms with E-state index in [0.717, 1.165) is 39.3 Å². The highest BCUT2D eigenvalue weighted by molar-refractivity contribution is 4.93. The van der Waals surface area contributed by atoms with Crippen LogP contribution in [-0.4, -0.2) is 74.4 Å². The number of rotatable bonds is 4. The van der Waals surface area contributed by atoms with Crippen LogP contribution in [-0.2, 0) is 4.74 Å². The van der Waals surface area contributed by atoms with Crippen LogP contribution in [0.4, 0.5) is 0 Å². The van der Waals surface area contributed by atoms with Crippen molar-refractivity contribution in [1.82, 2.24) is 15.1 Å². The minimum absolute atomic E-state index is 0.332. The fraction of sp³-hybridized carbons (Fsp3) is 1.00. The Hall–Kier alpha value is -0.160. The average Bonchev–Trinajstić information content (AvgIpc) is 2.39. The Balaban J connectivity index is 1.85. The summed E-state index contributed by atoms with van der Waals surface area (Å²) in [5, 5.41) is 3.72. The average molecular weight is 255 g/mol. The van der Waals surface area contributed by atoms with E-state index in [1.165, 1.54) is 19.4 Å². The zero-order valence-corrected chi connectivity index (χ0v) is 12.2. The van der Waals surface area contributed by atoms with Gasteiger partial charge < -0.3 is 15.0 Å². The van der Waals surface area contributed by atoms with Gasteiger partial charge >= 0.3 is 0 Å². The first-order chi connectivity index (χ1) is 8.67. The standard InChI is InChI=1S/C14H29N3O/c1-4-14(5-2)12-17(7-6-15-14)11-13-10-16(3)8-9-18-13/h13,15H,4-12H2,1-3H3. The summed E-state index contributed by atoms with van der Waals surface area (Å²) in [6.07, 6.45) is 2.82. The fourth-order valence-corrected chi connectivity index (χ4v) is 3.19. The van der Waals surface area contributed by atoms with Gasteiger partial charge in [0, 0.05) is 44.8 Å². The van der Waals surface area contributed by atoms with Crippen molar-refractivity contribution in [2.45, 2.75) is 38.3 Å². The van der Waals surface area contributed by atoms with Crippen LogP contribution in [0.25, 0.3) is 0 Å². The monoisotopic (exact) mass is 255 g/mol. The van der Waals surface area contributed by atoms with Crippen molar-refractivity contribution in [3.05, 3.63) is 0 Å². The summed E-state index contributed by atoms with van der Waals surface area (Å²) >= 11 is 0. The number of hydrogen-bond donors (Lipinski definition) is 1. The third-order valence-electron chi connectivity index (χ3n) is 4.61. The fourth-order valence-electron chi connectivity index (χ4n) is 3.19. The van der Waals surface area contributed by atoms with Gasteiger partial charge in [-0.3, -0.25) is 4.90 Å². The zero-order valence-electron chi connectivity index (χ0n) is 12.2. The third-order valence-corrected chi connectivity index (χ3v) is 4.61. The molecule has 2 aliphatic heterocycles. The van der Waals surface area contributed by atoms with Crippen LogP contribution in [0.3, 0.4) is 0 Å². The number of nitrogens with one attached hydrogen (secondary N) is 1. The van der Waals surface area contributed by atoms with Crippen molar-refractivity contribution in [1.29, 1.82) is 0 Å². The van der Waals surface area contributed by atoms with Gasteiger partial charge in [0.2, 0.25) is 0 Å². The summed E-state index contributed by atoms with van der Waals surface area (Å²) in [6.45, 7) is 12.2. The first kappa shape index (κ1) is 14.3. The van der Waals surface area contributed by atoms with Gasteiger partial charge in [-0.05, 0) is 19.9 Å². The molecule has 2 saturated heterocycles. The predicted octanol–water partition coefficient (Wildman–Crippen LogP) is 0.781. The molecule has 18 heavy (non-hydrogen) atoms. The lowest BCUT2D eigenvalue weighted by atomic mass is 9.90. The van der Waals surface area contributed by atoms with E-state index >= 15 is 0 Å². The first-order valence-electron chi connectivity index (χ1n) is 7.45. The SMILES string of the molecule is CCC1(CC)CN(CC2CN(C)CCO2)CCN1. The molecule has 0 radical (unpaired) electrons. The van der Waals surface area contributed by atoms with Gasteiger partial charge in [0.25, 0.3) is 0 Å². The van der Waals surface area contributed by atoms with Crippen molar-refractivity contribution in [2.75, 3.05) is 52.9 Å². The molecule has 1 unspecified atom stereocenters. The molecular weight excluding hydrogens is 226 g/mol. The Morgan fingerprint density at radius 1 is 1.28 bits per heavy atom. The van der Waals surface area contributed by atoms with E-state index in [9.17, 15) is 0 Å². The van der Waals surface area contributed by atoms with E-state index in [2.05, 4.69) is 36.0 Å². The molecule has 106 valence electrons. The topological polar surface area (TPSA) is 27.7 Å². The molecule has 0 aromatic carbocycles. The number of nitrogens with zero attached hydrogens (tertiary/aromatic N) is 2. The lowest BCUT2D eigenvalue weighted by Gasteiger charge is -2.44. The Morgan fingerprint density at radius 3 is 2.72 bits per heavy atom. The van der Waals surface area contributed by atoms with Gasteiger partial charge in [0.05, 0.1) is 12.7 Å². The van der Waals surface area contributed by atoms with E-state index in [-0.39, 0.29) is 0 Å². The Bertz CT molecular complexity index is 255. The Kier molecular flexibility index (Phi) is 5.01. The summed E-state index contributed by atoms with van der Waals surface area (Å²) < 4.78 is 5.88. The van der Waals surface area contributed by atoms with Crippen molar-refractivity contribution >= 4 is 0 Å². The van der Waals surface area contributed by atoms with Crippen LogP contribution in [0.2, 0.25) is 0 Å². The largest absolute Gasteiger partial charge is 0.374 e. The number of morpholine rings is 1. The first-order valence-corrected chi connectivity index (χ1v) is 7.45. The van der Waals surface area contributed by atoms with Crippen LogP contribution in [0.5, 0.6) is 0 Å². The van der Waals surface area contributed by atoms with Crippen LogP contribution < -0.4 is 5.32 Å². The highest BCUT2D eigenvalue weighted by Crippen LogP contribution is 2.20. The van der Waals surface area contributed by atoms with Crippen molar-refractivity contribution in [3.8, 4) is 0 Å². The van der Waals surface area contributed by atoms with Gasteiger partial charge in [0.15, 0.2) is 0 Å². The zero-order chi connectivity index (χ0) is 13.0. The van der Waals surface area contributed by atoms with Gasteiger partial charge in [-0.2, -0.15) is 0 Å². The molecule has 0 aliphatic carbocycles. The van der Waals surface area contributed by atoms with E-state index in [0.29, 0.717) is 11.6 Å². The molecule has 0 saturated carbocycles. The van der Waals surface area contributed by atoms with Crippen molar-refractivity contribution < 1.29 is 4.74 Å². The normalized spacial score (nSPS) is 30.5. The maximum atomic E-state index is 5.88. The molecule has 0 aromatic heterocycles. The predicted molar refractivity (Wildman–Crippen MR) is 75.0 cm³/mol. The summed E-state index contributed by atoms with van der Waals surface area (Å²) in [7, 11) is 2.19. The lowest BCUT2D eigenvalue weighted by molar-refractivity contribution is -0.0428. The van der Waals surface area contributed by atoms with Gasteiger partial charge in [-0.15, -0.1) is 0 Å². The van der Waals surface area contributed by atoms with E-state index in [4.69, 9.17) is 4.74 Å². The van der Waals surface area contributed by atoms with E-state index < -0.39 is 0 Å². The minimum Gasteiger partial charge on any atom is -0.374 e. The molecule has 0 amide bonds. The van der Waals surface area contributed by atoms with Crippen LogP contribution in [0, 0.1) is 0 Å². The lowest BCUT2D eigenvalue weighted by Crippen LogP contribution is -2.61. The number of piperazine rings is 1. The number of hydrogen-bond acceptors (Lipinski definition) is 4. The molecule has 0 bridgehead atoms. The second-order valence-electron chi connectivity index (χ2n) is 5.90. The number of ether oxygens (including phenoxy) is 1. The number of likely N-dealkylation sites (N-methyl/N-ethyl adjacent to an activating group) is 1. The summed E-state index contributed by atoms with van der Waals surface area (Å²) in [5.41, 5.74) is 0.332. The van der Waals surface area contributed by atoms with Crippen LogP contribution in [0.1, 0.15) is 26.7 Å². The molecule has 2 fully saturated rings. The smallest absolute Gasteiger partial charge is 0.0829 e. The second-order valence-corrected chi connectivity index (χ2v) is 5.90. The van der Waals surface area contributed by atoms with Gasteiger partial charge in [-0.25, -0.2) is 0 Å². The summed E-state index contributed by atoms with van der Waals surface area (Å²) in [6, 6.07) is 0. The van der Waals surface area contributed by atoms with Gasteiger partial charge in [0.1, 0.15) is 0 Å². The van der Waals surface area contributed by atoms with Crippen molar-refractivity contribution in [3.63, 3.8) is 0 Å². The molecular formula is C14H29N3O. The molecule has 1 atom stereocenters. The highest BCUT2D eigenvalue weighted by Gasteiger charge is 2.33. The maximum Gasteiger partial charge on any atom is 0.0829 e. The maximum absolute atomic E-state index is 5.88. The van der Waals surface area contributed by atoms with E-state index in [1.807, 2.05) is 0 Å². The van der Waals surface area contributed by atoms with Crippen molar-refractivity contribution in [2.24, 2.45) is 0 Å².